The van der Waals surface area contributed by atoms with E-state index in [1.807, 2.05) is 18.2 Å². The first-order chi connectivity index (χ1) is 10.2. The molecule has 1 saturated carbocycles. The first kappa shape index (κ1) is 14.6. The predicted octanol–water partition coefficient (Wildman–Crippen LogP) is 2.08. The largest absolute Gasteiger partial charge is 0.497 e. The van der Waals surface area contributed by atoms with E-state index in [-0.39, 0.29) is 5.92 Å². The highest BCUT2D eigenvalue weighted by atomic mass is 16.7. The van der Waals surface area contributed by atoms with Gasteiger partial charge in [-0.3, -0.25) is 0 Å². The van der Waals surface area contributed by atoms with Crippen molar-refractivity contribution in [1.82, 2.24) is 0 Å². The fourth-order valence-electron chi connectivity index (χ4n) is 3.28. The highest BCUT2D eigenvalue weighted by Gasteiger charge is 2.45. The van der Waals surface area contributed by atoms with Crippen molar-refractivity contribution in [3.05, 3.63) is 23.8 Å². The molecule has 1 aromatic carbocycles. The van der Waals surface area contributed by atoms with E-state index in [4.69, 9.17) is 18.9 Å². The third kappa shape index (κ3) is 2.86. The van der Waals surface area contributed by atoms with Crippen LogP contribution in [-0.2, 0) is 9.47 Å². The minimum Gasteiger partial charge on any atom is -0.497 e. The molecule has 0 amide bonds. The molecule has 2 fully saturated rings. The molecular formula is C16H22O5. The van der Waals surface area contributed by atoms with E-state index in [0.717, 1.165) is 23.5 Å². The minimum atomic E-state index is -0.528. The number of aliphatic hydroxyl groups excluding tert-OH is 1. The van der Waals surface area contributed by atoms with E-state index < -0.39 is 11.9 Å². The van der Waals surface area contributed by atoms with E-state index in [1.54, 1.807) is 14.2 Å². The van der Waals surface area contributed by atoms with Gasteiger partial charge in [0.25, 0.3) is 0 Å². The summed E-state index contributed by atoms with van der Waals surface area (Å²) in [6.45, 7) is 1.26. The summed E-state index contributed by atoms with van der Waals surface area (Å²) in [5.41, 5.74) is 0.997. The molecule has 5 nitrogen and oxygen atoms in total. The second-order valence-corrected chi connectivity index (χ2v) is 5.67. The van der Waals surface area contributed by atoms with Gasteiger partial charge in [-0.1, -0.05) is 0 Å². The van der Waals surface area contributed by atoms with E-state index in [1.165, 1.54) is 0 Å². The maximum absolute atomic E-state index is 10.4. The second-order valence-electron chi connectivity index (χ2n) is 5.67. The van der Waals surface area contributed by atoms with Crippen molar-refractivity contribution in [2.24, 2.45) is 0 Å². The van der Waals surface area contributed by atoms with E-state index >= 15 is 0 Å². The summed E-state index contributed by atoms with van der Waals surface area (Å²) in [5, 5.41) is 10.4. The van der Waals surface area contributed by atoms with Crippen LogP contribution in [0.5, 0.6) is 11.5 Å². The van der Waals surface area contributed by atoms with E-state index in [0.29, 0.717) is 26.1 Å². The Bertz CT molecular complexity index is 473. The van der Waals surface area contributed by atoms with Gasteiger partial charge in [0.05, 0.1) is 33.5 Å². The molecule has 2 atom stereocenters. The van der Waals surface area contributed by atoms with Gasteiger partial charge in [0.15, 0.2) is 5.79 Å². The van der Waals surface area contributed by atoms with Gasteiger partial charge in [-0.05, 0) is 24.1 Å². The Labute approximate surface area is 124 Å². The monoisotopic (exact) mass is 294 g/mol. The SMILES string of the molecule is COc1cc(OC)cc([C@@H]2CC3(CC[C@@H]2O)OCCO3)c1. The van der Waals surface area contributed by atoms with Gasteiger partial charge in [-0.15, -0.1) is 0 Å². The van der Waals surface area contributed by atoms with Gasteiger partial charge >= 0.3 is 0 Å². The zero-order valence-electron chi connectivity index (χ0n) is 12.5. The van der Waals surface area contributed by atoms with Crippen molar-refractivity contribution in [1.29, 1.82) is 0 Å². The van der Waals surface area contributed by atoms with Crippen LogP contribution in [0.2, 0.25) is 0 Å². The Hall–Kier alpha value is -1.30. The first-order valence-corrected chi connectivity index (χ1v) is 7.35. The second kappa shape index (κ2) is 5.83. The minimum absolute atomic E-state index is 0.0409. The quantitative estimate of drug-likeness (QED) is 0.925. The van der Waals surface area contributed by atoms with Crippen molar-refractivity contribution in [2.45, 2.75) is 37.1 Å². The fourth-order valence-corrected chi connectivity index (χ4v) is 3.28. The maximum atomic E-state index is 10.4. The number of aliphatic hydroxyl groups is 1. The number of methoxy groups -OCH3 is 2. The summed E-state index contributed by atoms with van der Waals surface area (Å²) in [5.74, 6) is 0.884. The van der Waals surface area contributed by atoms with Crippen LogP contribution in [0, 0.1) is 0 Å². The highest BCUT2D eigenvalue weighted by molar-refractivity contribution is 5.40. The zero-order valence-corrected chi connectivity index (χ0v) is 12.5. The Kier molecular flexibility index (Phi) is 4.06. The summed E-state index contributed by atoms with van der Waals surface area (Å²) >= 11 is 0. The third-order valence-corrected chi connectivity index (χ3v) is 4.43. The smallest absolute Gasteiger partial charge is 0.169 e. The van der Waals surface area contributed by atoms with Crippen molar-refractivity contribution >= 4 is 0 Å². The normalized spacial score (nSPS) is 27.8. The third-order valence-electron chi connectivity index (χ3n) is 4.43. The molecule has 1 aliphatic heterocycles. The lowest BCUT2D eigenvalue weighted by molar-refractivity contribution is -0.193. The van der Waals surface area contributed by atoms with Crippen LogP contribution in [0.1, 0.15) is 30.7 Å². The molecule has 1 aromatic rings. The highest BCUT2D eigenvalue weighted by Crippen LogP contribution is 2.44. The predicted molar refractivity (Wildman–Crippen MR) is 76.8 cm³/mol. The molecule has 1 aliphatic carbocycles. The van der Waals surface area contributed by atoms with Crippen molar-refractivity contribution < 1.29 is 24.1 Å². The average molecular weight is 294 g/mol. The van der Waals surface area contributed by atoms with Crippen molar-refractivity contribution in [3.63, 3.8) is 0 Å². The first-order valence-electron chi connectivity index (χ1n) is 7.35. The molecule has 1 saturated heterocycles. The van der Waals surface area contributed by atoms with E-state index in [9.17, 15) is 5.11 Å². The van der Waals surface area contributed by atoms with Gasteiger partial charge in [-0.25, -0.2) is 0 Å². The summed E-state index contributed by atoms with van der Waals surface area (Å²) in [7, 11) is 3.25. The molecule has 21 heavy (non-hydrogen) atoms. The number of rotatable bonds is 3. The molecule has 0 aromatic heterocycles. The number of hydrogen-bond acceptors (Lipinski definition) is 5. The average Bonchev–Trinajstić information content (AvgIpc) is 2.97. The van der Waals surface area contributed by atoms with Gasteiger partial charge in [0.2, 0.25) is 0 Å². The van der Waals surface area contributed by atoms with Crippen LogP contribution in [0.3, 0.4) is 0 Å². The lowest BCUT2D eigenvalue weighted by atomic mass is 9.78. The molecule has 0 unspecified atom stereocenters. The zero-order chi connectivity index (χ0) is 14.9. The Balaban J connectivity index is 1.89. The van der Waals surface area contributed by atoms with E-state index in [2.05, 4.69) is 0 Å². The van der Waals surface area contributed by atoms with Crippen LogP contribution >= 0.6 is 0 Å². The molecular weight excluding hydrogens is 272 g/mol. The van der Waals surface area contributed by atoms with Gasteiger partial charge in [0, 0.05) is 24.8 Å². The summed E-state index contributed by atoms with van der Waals surface area (Å²) in [6, 6.07) is 5.73. The van der Waals surface area contributed by atoms with Crippen LogP contribution < -0.4 is 9.47 Å². The van der Waals surface area contributed by atoms with Crippen LogP contribution in [-0.4, -0.2) is 44.4 Å². The molecule has 5 heteroatoms. The summed E-state index contributed by atoms with van der Waals surface area (Å²) in [6.07, 6.45) is 1.67. The summed E-state index contributed by atoms with van der Waals surface area (Å²) < 4.78 is 22.2. The lowest BCUT2D eigenvalue weighted by Gasteiger charge is -2.39. The molecule has 3 rings (SSSR count). The molecule has 1 spiro atoms. The molecule has 1 heterocycles. The Morgan fingerprint density at radius 1 is 1.10 bits per heavy atom. The molecule has 1 N–H and O–H groups in total. The van der Waals surface area contributed by atoms with Gasteiger partial charge in [-0.2, -0.15) is 0 Å². The van der Waals surface area contributed by atoms with Crippen LogP contribution in [0.25, 0.3) is 0 Å². The fraction of sp³-hybridized carbons (Fsp3) is 0.625. The van der Waals surface area contributed by atoms with Crippen LogP contribution in [0.15, 0.2) is 18.2 Å². The maximum Gasteiger partial charge on any atom is 0.169 e. The summed E-state index contributed by atoms with van der Waals surface area (Å²) in [4.78, 5) is 0. The number of hydrogen-bond donors (Lipinski definition) is 1. The standard InChI is InChI=1S/C16H22O5/c1-18-12-7-11(8-13(9-12)19-2)14-10-16(4-3-15(14)17)20-5-6-21-16/h7-9,14-15,17H,3-6,10H2,1-2H3/t14-,15-/m0/s1. The number of ether oxygens (including phenoxy) is 4. The van der Waals surface area contributed by atoms with Gasteiger partial charge < -0.3 is 24.1 Å². The van der Waals surface area contributed by atoms with Gasteiger partial charge in [0.1, 0.15) is 11.5 Å². The van der Waals surface area contributed by atoms with Crippen molar-refractivity contribution in [3.8, 4) is 11.5 Å². The molecule has 0 radical (unpaired) electrons. The van der Waals surface area contributed by atoms with Crippen molar-refractivity contribution in [2.75, 3.05) is 27.4 Å². The Morgan fingerprint density at radius 3 is 2.29 bits per heavy atom. The van der Waals surface area contributed by atoms with Crippen LogP contribution in [0.4, 0.5) is 0 Å². The molecule has 2 aliphatic rings. The molecule has 0 bridgehead atoms. The number of benzene rings is 1. The topological polar surface area (TPSA) is 57.2 Å². The lowest BCUT2D eigenvalue weighted by Crippen LogP contribution is -2.41. The molecule has 116 valence electrons. The Morgan fingerprint density at radius 2 is 1.71 bits per heavy atom.